The molecule has 0 atom stereocenters. The van der Waals surface area contributed by atoms with E-state index in [1.165, 1.54) is 0 Å². The molecule has 1 aromatic rings. The van der Waals surface area contributed by atoms with E-state index in [0.717, 1.165) is 17.3 Å². The average Bonchev–Trinajstić information content (AvgIpc) is 2.48. The van der Waals surface area contributed by atoms with E-state index in [9.17, 15) is 4.79 Å². The normalized spacial score (nSPS) is 16.2. The third-order valence-corrected chi connectivity index (χ3v) is 1.84. The van der Waals surface area contributed by atoms with Gasteiger partial charge in [-0.05, 0) is 6.07 Å². The van der Waals surface area contributed by atoms with Crippen molar-refractivity contribution in [2.45, 2.75) is 0 Å². The second-order valence-corrected chi connectivity index (χ2v) is 2.71. The highest BCUT2D eigenvalue weighted by molar-refractivity contribution is 6.20. The lowest BCUT2D eigenvalue weighted by Crippen LogP contribution is -1.90. The van der Waals surface area contributed by atoms with Gasteiger partial charge in [-0.25, -0.2) is 4.79 Å². The van der Waals surface area contributed by atoms with Gasteiger partial charge in [0.05, 0.1) is 5.69 Å². The van der Waals surface area contributed by atoms with Crippen LogP contribution in [0.15, 0.2) is 35.3 Å². The number of allylic oxidation sites excluding steroid dienone is 1. The summed E-state index contributed by atoms with van der Waals surface area (Å²) in [7, 11) is 0. The first-order chi connectivity index (χ1) is 6.27. The Balaban J connectivity index is 2.50. The van der Waals surface area contributed by atoms with E-state index in [4.69, 9.17) is 5.11 Å². The molecule has 2 rings (SSSR count). The average molecular weight is 173 g/mol. The van der Waals surface area contributed by atoms with Crippen LogP contribution >= 0.6 is 0 Å². The molecule has 0 spiro atoms. The van der Waals surface area contributed by atoms with Crippen LogP contribution in [0.5, 0.6) is 0 Å². The maximum atomic E-state index is 10.4. The van der Waals surface area contributed by atoms with E-state index in [1.54, 1.807) is 6.21 Å². The summed E-state index contributed by atoms with van der Waals surface area (Å²) in [6, 6.07) is 7.45. The van der Waals surface area contributed by atoms with Crippen LogP contribution in [0.2, 0.25) is 0 Å². The van der Waals surface area contributed by atoms with E-state index in [0.29, 0.717) is 5.57 Å². The molecule has 3 heteroatoms. The molecule has 0 amide bonds. The Morgan fingerprint density at radius 2 is 2.15 bits per heavy atom. The highest BCUT2D eigenvalue weighted by Gasteiger charge is 2.11. The summed E-state index contributed by atoms with van der Waals surface area (Å²) in [4.78, 5) is 14.5. The van der Waals surface area contributed by atoms with E-state index in [1.807, 2.05) is 24.3 Å². The van der Waals surface area contributed by atoms with Gasteiger partial charge in [-0.3, -0.25) is 4.99 Å². The van der Waals surface area contributed by atoms with Crippen molar-refractivity contribution in [3.8, 4) is 0 Å². The van der Waals surface area contributed by atoms with Crippen LogP contribution in [0.1, 0.15) is 5.56 Å². The number of benzene rings is 1. The molecule has 1 heterocycles. The third-order valence-electron chi connectivity index (χ3n) is 1.84. The van der Waals surface area contributed by atoms with Gasteiger partial charge in [0, 0.05) is 23.4 Å². The summed E-state index contributed by atoms with van der Waals surface area (Å²) in [5.74, 6) is -0.946. The molecular weight excluding hydrogens is 166 g/mol. The van der Waals surface area contributed by atoms with Gasteiger partial charge in [0.1, 0.15) is 0 Å². The zero-order valence-electron chi connectivity index (χ0n) is 6.77. The van der Waals surface area contributed by atoms with Crippen LogP contribution in [0.25, 0.3) is 5.57 Å². The Kier molecular flexibility index (Phi) is 1.70. The van der Waals surface area contributed by atoms with Crippen molar-refractivity contribution >= 4 is 23.4 Å². The number of hydrogen-bond acceptors (Lipinski definition) is 2. The van der Waals surface area contributed by atoms with Crippen molar-refractivity contribution < 1.29 is 9.90 Å². The van der Waals surface area contributed by atoms with Crippen molar-refractivity contribution in [1.29, 1.82) is 0 Å². The van der Waals surface area contributed by atoms with Gasteiger partial charge in [0.25, 0.3) is 0 Å². The molecule has 1 aromatic carbocycles. The first-order valence-corrected chi connectivity index (χ1v) is 3.85. The Bertz CT molecular complexity index is 419. The molecule has 1 aliphatic rings. The van der Waals surface area contributed by atoms with E-state index in [-0.39, 0.29) is 0 Å². The summed E-state index contributed by atoms with van der Waals surface area (Å²) < 4.78 is 0. The zero-order valence-corrected chi connectivity index (χ0v) is 6.77. The topological polar surface area (TPSA) is 49.7 Å². The number of carbonyl (C=O) groups is 1. The Hall–Kier alpha value is -1.90. The van der Waals surface area contributed by atoms with Crippen LogP contribution in [0.4, 0.5) is 5.69 Å². The lowest BCUT2D eigenvalue weighted by Gasteiger charge is -1.95. The smallest absolute Gasteiger partial charge is 0.328 e. The number of para-hydroxylation sites is 1. The maximum Gasteiger partial charge on any atom is 0.328 e. The van der Waals surface area contributed by atoms with Crippen LogP contribution in [-0.2, 0) is 4.79 Å². The molecule has 0 unspecified atom stereocenters. The molecule has 1 N–H and O–H groups in total. The van der Waals surface area contributed by atoms with Crippen molar-refractivity contribution in [3.05, 3.63) is 35.9 Å². The first-order valence-electron chi connectivity index (χ1n) is 3.85. The highest BCUT2D eigenvalue weighted by atomic mass is 16.4. The number of hydrogen-bond donors (Lipinski definition) is 1. The summed E-state index contributed by atoms with van der Waals surface area (Å²) >= 11 is 0. The quantitative estimate of drug-likeness (QED) is 0.659. The fourth-order valence-electron chi connectivity index (χ4n) is 1.29. The largest absolute Gasteiger partial charge is 0.478 e. The van der Waals surface area contributed by atoms with Crippen molar-refractivity contribution in [1.82, 2.24) is 0 Å². The van der Waals surface area contributed by atoms with Crippen LogP contribution in [0.3, 0.4) is 0 Å². The molecule has 3 nitrogen and oxygen atoms in total. The summed E-state index contributed by atoms with van der Waals surface area (Å²) in [5, 5.41) is 8.56. The summed E-state index contributed by atoms with van der Waals surface area (Å²) in [5.41, 5.74) is 2.36. The predicted molar refractivity (Wildman–Crippen MR) is 50.2 cm³/mol. The number of carboxylic acid groups (broad SMARTS) is 1. The predicted octanol–water partition coefficient (Wildman–Crippen LogP) is 1.87. The van der Waals surface area contributed by atoms with Crippen molar-refractivity contribution in [2.24, 2.45) is 4.99 Å². The van der Waals surface area contributed by atoms with Gasteiger partial charge in [-0.15, -0.1) is 0 Å². The molecule has 13 heavy (non-hydrogen) atoms. The fraction of sp³-hybridized carbons (Fsp3) is 0. The highest BCUT2D eigenvalue weighted by Crippen LogP contribution is 2.30. The molecule has 0 saturated heterocycles. The van der Waals surface area contributed by atoms with Gasteiger partial charge in [-0.2, -0.15) is 0 Å². The van der Waals surface area contributed by atoms with Gasteiger partial charge >= 0.3 is 5.97 Å². The Labute approximate surface area is 75.0 Å². The van der Waals surface area contributed by atoms with Crippen LogP contribution in [-0.4, -0.2) is 17.3 Å². The first kappa shape index (κ1) is 7.73. The monoisotopic (exact) mass is 173 g/mol. The van der Waals surface area contributed by atoms with Crippen LogP contribution < -0.4 is 0 Å². The number of nitrogens with zero attached hydrogens (tertiary/aromatic N) is 1. The molecular formula is C10H7NO2. The lowest BCUT2D eigenvalue weighted by atomic mass is 10.1. The number of fused-ring (bicyclic) bond motifs is 1. The van der Waals surface area contributed by atoms with Gasteiger partial charge in [0.15, 0.2) is 0 Å². The van der Waals surface area contributed by atoms with Crippen LogP contribution in [0, 0.1) is 0 Å². The minimum atomic E-state index is -0.946. The molecule has 0 fully saturated rings. The molecule has 64 valence electrons. The van der Waals surface area contributed by atoms with Gasteiger partial charge in [0.2, 0.25) is 0 Å². The van der Waals surface area contributed by atoms with Gasteiger partial charge < -0.3 is 5.11 Å². The van der Waals surface area contributed by atoms with E-state index < -0.39 is 5.97 Å². The van der Waals surface area contributed by atoms with E-state index in [2.05, 4.69) is 4.99 Å². The number of rotatable bonds is 1. The second kappa shape index (κ2) is 2.86. The Morgan fingerprint density at radius 3 is 2.92 bits per heavy atom. The minimum absolute atomic E-state index is 0.656. The Morgan fingerprint density at radius 1 is 1.38 bits per heavy atom. The number of carboxylic acids is 1. The summed E-state index contributed by atoms with van der Waals surface area (Å²) in [6.07, 6.45) is 2.73. The fourth-order valence-corrected chi connectivity index (χ4v) is 1.29. The molecule has 0 bridgehead atoms. The maximum absolute atomic E-state index is 10.4. The zero-order chi connectivity index (χ0) is 9.26. The SMILES string of the molecule is O=C(O)C=C1C=Nc2ccccc21. The lowest BCUT2D eigenvalue weighted by molar-refractivity contribution is -0.131. The molecule has 0 aliphatic carbocycles. The standard InChI is InChI=1S/C10H7NO2/c12-10(13)5-7-6-11-9-4-2-1-3-8(7)9/h1-6H,(H,12,13). The number of aliphatic carboxylic acids is 1. The second-order valence-electron chi connectivity index (χ2n) is 2.71. The van der Waals surface area contributed by atoms with Gasteiger partial charge in [-0.1, -0.05) is 18.2 Å². The summed E-state index contributed by atoms with van der Waals surface area (Å²) in [6.45, 7) is 0. The number of aliphatic imine (C=N–C) groups is 1. The third kappa shape index (κ3) is 1.36. The molecule has 0 radical (unpaired) electrons. The van der Waals surface area contributed by atoms with E-state index >= 15 is 0 Å². The van der Waals surface area contributed by atoms with Crippen molar-refractivity contribution in [2.75, 3.05) is 0 Å². The van der Waals surface area contributed by atoms with Crippen molar-refractivity contribution in [3.63, 3.8) is 0 Å². The molecule has 0 saturated carbocycles. The molecule has 1 aliphatic heterocycles. The molecule has 0 aromatic heterocycles. The minimum Gasteiger partial charge on any atom is -0.478 e.